The van der Waals surface area contributed by atoms with Gasteiger partial charge in [0.05, 0.1) is 12.7 Å². The second-order valence-electron chi connectivity index (χ2n) is 2.60. The fourth-order valence-corrected chi connectivity index (χ4v) is 1.62. The Labute approximate surface area is 89.7 Å². The summed E-state index contributed by atoms with van der Waals surface area (Å²) in [5.41, 5.74) is 6.92. The number of nitrogens with one attached hydrogen (secondary N) is 1. The Morgan fingerprint density at radius 2 is 2.29 bits per heavy atom. The highest BCUT2D eigenvalue weighted by molar-refractivity contribution is 9.10. The largest absolute Gasteiger partial charge is 0.465 e. The molecule has 4 nitrogen and oxygen atoms in total. The molecule has 0 heterocycles. The molecule has 0 saturated carbocycles. The van der Waals surface area contributed by atoms with Gasteiger partial charge in [0.15, 0.2) is 0 Å². The van der Waals surface area contributed by atoms with Crippen LogP contribution in [0.1, 0.15) is 15.9 Å². The quantitative estimate of drug-likeness (QED) is 0.482. The molecule has 0 aliphatic rings. The Morgan fingerprint density at radius 3 is 2.71 bits per heavy atom. The molecular weight excluding hydrogens is 248 g/mol. The monoisotopic (exact) mass is 256 g/mol. The molecule has 0 saturated heterocycles. The molecule has 1 rings (SSSR count). The van der Waals surface area contributed by atoms with E-state index in [1.165, 1.54) is 13.2 Å². The molecule has 0 aliphatic heterocycles. The van der Waals surface area contributed by atoms with Crippen LogP contribution in [0.4, 0.5) is 5.69 Å². The number of nitrogens with two attached hydrogens (primary N) is 1. The molecule has 0 amide bonds. The molecule has 0 unspecified atom stereocenters. The van der Waals surface area contributed by atoms with Crippen molar-refractivity contribution in [3.63, 3.8) is 0 Å². The molecule has 3 N–H and O–H groups in total. The van der Waals surface area contributed by atoms with Crippen LogP contribution in [0.2, 0.25) is 0 Å². The third-order valence-electron chi connectivity index (χ3n) is 1.73. The molecule has 1 aromatic rings. The minimum Gasteiger partial charge on any atom is -0.465 e. The lowest BCUT2D eigenvalue weighted by Crippen LogP contribution is -2.04. The maximum absolute atomic E-state index is 11.2. The topological polar surface area (TPSA) is 76.2 Å². The SMILES string of the molecule is COC(=O)c1cc(N)c(C=N)c(Br)c1. The van der Waals surface area contributed by atoms with Crippen LogP contribution in [0.15, 0.2) is 16.6 Å². The summed E-state index contributed by atoms with van der Waals surface area (Å²) in [6.07, 6.45) is 1.13. The molecule has 0 fully saturated rings. The van der Waals surface area contributed by atoms with Crippen LogP contribution >= 0.6 is 15.9 Å². The highest BCUT2D eigenvalue weighted by Gasteiger charge is 2.10. The first-order valence-corrected chi connectivity index (χ1v) is 4.57. The third-order valence-corrected chi connectivity index (χ3v) is 2.38. The van der Waals surface area contributed by atoms with Crippen LogP contribution in [0.5, 0.6) is 0 Å². The van der Waals surface area contributed by atoms with Gasteiger partial charge in [-0.15, -0.1) is 0 Å². The predicted octanol–water partition coefficient (Wildman–Crippen LogP) is 1.82. The van der Waals surface area contributed by atoms with Gasteiger partial charge in [-0.25, -0.2) is 4.79 Å². The second kappa shape index (κ2) is 4.23. The van der Waals surface area contributed by atoms with Crippen molar-refractivity contribution in [2.45, 2.75) is 0 Å². The van der Waals surface area contributed by atoms with Gasteiger partial charge in [0, 0.05) is 21.9 Å². The normalized spacial score (nSPS) is 9.57. The zero-order chi connectivity index (χ0) is 10.7. The van der Waals surface area contributed by atoms with Crippen molar-refractivity contribution in [3.05, 3.63) is 27.7 Å². The van der Waals surface area contributed by atoms with Gasteiger partial charge in [-0.3, -0.25) is 0 Å². The summed E-state index contributed by atoms with van der Waals surface area (Å²) in [7, 11) is 1.30. The lowest BCUT2D eigenvalue weighted by Gasteiger charge is -2.05. The van der Waals surface area contributed by atoms with E-state index in [1.54, 1.807) is 6.07 Å². The number of benzene rings is 1. The number of esters is 1. The number of hydrogen-bond donors (Lipinski definition) is 2. The van der Waals surface area contributed by atoms with Crippen molar-refractivity contribution >= 4 is 33.8 Å². The highest BCUT2D eigenvalue weighted by Crippen LogP contribution is 2.23. The van der Waals surface area contributed by atoms with Crippen LogP contribution in [-0.4, -0.2) is 19.3 Å². The lowest BCUT2D eigenvalue weighted by molar-refractivity contribution is 0.0600. The predicted molar refractivity (Wildman–Crippen MR) is 57.8 cm³/mol. The van der Waals surface area contributed by atoms with E-state index in [9.17, 15) is 4.79 Å². The molecule has 74 valence electrons. The van der Waals surface area contributed by atoms with Gasteiger partial charge < -0.3 is 15.9 Å². The van der Waals surface area contributed by atoms with Gasteiger partial charge in [-0.2, -0.15) is 0 Å². The minimum absolute atomic E-state index is 0.363. The Balaban J connectivity index is 3.27. The summed E-state index contributed by atoms with van der Waals surface area (Å²) < 4.78 is 5.15. The zero-order valence-corrected chi connectivity index (χ0v) is 9.09. The Kier molecular flexibility index (Phi) is 3.24. The number of carbonyl (C=O) groups excluding carboxylic acids is 1. The number of nitrogen functional groups attached to an aromatic ring is 1. The molecule has 1 aromatic carbocycles. The van der Waals surface area contributed by atoms with E-state index in [0.717, 1.165) is 6.21 Å². The molecule has 0 atom stereocenters. The van der Waals surface area contributed by atoms with Gasteiger partial charge in [0.25, 0.3) is 0 Å². The average Bonchev–Trinajstić information content (AvgIpc) is 2.16. The first-order chi connectivity index (χ1) is 6.60. The van der Waals surface area contributed by atoms with Crippen molar-refractivity contribution in [2.75, 3.05) is 12.8 Å². The maximum atomic E-state index is 11.2. The van der Waals surface area contributed by atoms with Gasteiger partial charge >= 0.3 is 5.97 Å². The van der Waals surface area contributed by atoms with Crippen molar-refractivity contribution < 1.29 is 9.53 Å². The molecule has 14 heavy (non-hydrogen) atoms. The van der Waals surface area contributed by atoms with Crippen molar-refractivity contribution in [2.24, 2.45) is 0 Å². The summed E-state index contributed by atoms with van der Waals surface area (Å²) in [5.74, 6) is -0.450. The molecule has 5 heteroatoms. The lowest BCUT2D eigenvalue weighted by atomic mass is 10.1. The first kappa shape index (κ1) is 10.7. The number of methoxy groups -OCH3 is 1. The van der Waals surface area contributed by atoms with E-state index in [1.807, 2.05) is 0 Å². The molecule has 0 spiro atoms. The molecule has 0 radical (unpaired) electrons. The minimum atomic E-state index is -0.450. The molecule has 0 aromatic heterocycles. The first-order valence-electron chi connectivity index (χ1n) is 3.78. The van der Waals surface area contributed by atoms with Gasteiger partial charge in [0.1, 0.15) is 0 Å². The van der Waals surface area contributed by atoms with Gasteiger partial charge in [-0.1, -0.05) is 15.9 Å². The van der Waals surface area contributed by atoms with Crippen LogP contribution < -0.4 is 5.73 Å². The Hall–Kier alpha value is -1.36. The summed E-state index contributed by atoms with van der Waals surface area (Å²) in [6, 6.07) is 3.06. The van der Waals surface area contributed by atoms with E-state index in [2.05, 4.69) is 20.7 Å². The number of carbonyl (C=O) groups is 1. The molecular formula is C9H9BrN2O2. The van der Waals surface area contributed by atoms with E-state index < -0.39 is 5.97 Å². The number of anilines is 1. The Morgan fingerprint density at radius 1 is 1.64 bits per heavy atom. The molecule has 0 bridgehead atoms. The second-order valence-corrected chi connectivity index (χ2v) is 3.45. The summed E-state index contributed by atoms with van der Waals surface area (Å²) in [4.78, 5) is 11.2. The van der Waals surface area contributed by atoms with E-state index in [4.69, 9.17) is 11.1 Å². The van der Waals surface area contributed by atoms with E-state index in [-0.39, 0.29) is 0 Å². The van der Waals surface area contributed by atoms with Gasteiger partial charge in [0.2, 0.25) is 0 Å². The maximum Gasteiger partial charge on any atom is 0.337 e. The fraction of sp³-hybridized carbons (Fsp3) is 0.111. The Bertz CT molecular complexity index is 367. The smallest absolute Gasteiger partial charge is 0.337 e. The van der Waals surface area contributed by atoms with E-state index in [0.29, 0.717) is 21.3 Å². The van der Waals surface area contributed by atoms with Crippen molar-refractivity contribution in [1.82, 2.24) is 0 Å². The number of ether oxygens (including phenoxy) is 1. The summed E-state index contributed by atoms with van der Waals surface area (Å²) >= 11 is 3.22. The summed E-state index contributed by atoms with van der Waals surface area (Å²) in [5, 5.41) is 7.10. The van der Waals surface area contributed by atoms with Crippen LogP contribution in [0.3, 0.4) is 0 Å². The van der Waals surface area contributed by atoms with E-state index >= 15 is 0 Å². The van der Waals surface area contributed by atoms with Crippen molar-refractivity contribution in [1.29, 1.82) is 5.41 Å². The van der Waals surface area contributed by atoms with Crippen LogP contribution in [0.25, 0.3) is 0 Å². The number of rotatable bonds is 2. The molecule has 0 aliphatic carbocycles. The fourth-order valence-electron chi connectivity index (χ4n) is 1.03. The number of halogens is 1. The average molecular weight is 257 g/mol. The number of hydrogen-bond acceptors (Lipinski definition) is 4. The van der Waals surface area contributed by atoms with Crippen LogP contribution in [-0.2, 0) is 4.74 Å². The zero-order valence-electron chi connectivity index (χ0n) is 7.50. The van der Waals surface area contributed by atoms with Gasteiger partial charge in [-0.05, 0) is 12.1 Å². The van der Waals surface area contributed by atoms with Crippen molar-refractivity contribution in [3.8, 4) is 0 Å². The standard InChI is InChI=1S/C9H9BrN2O2/c1-14-9(13)5-2-7(10)6(4-11)8(12)3-5/h2-4,11H,12H2,1H3. The highest BCUT2D eigenvalue weighted by atomic mass is 79.9. The summed E-state index contributed by atoms with van der Waals surface area (Å²) in [6.45, 7) is 0. The third kappa shape index (κ3) is 1.93. The van der Waals surface area contributed by atoms with Crippen LogP contribution in [0, 0.1) is 5.41 Å².